The molecule has 4 rings (SSSR count). The summed E-state index contributed by atoms with van der Waals surface area (Å²) in [6.07, 6.45) is 4.36. The van der Waals surface area contributed by atoms with Crippen molar-refractivity contribution in [2.24, 2.45) is 0 Å². The van der Waals surface area contributed by atoms with Crippen molar-refractivity contribution in [3.05, 3.63) is 82.5 Å². The van der Waals surface area contributed by atoms with Gasteiger partial charge in [0, 0.05) is 12.6 Å². The topological polar surface area (TPSA) is 62.9 Å². The Morgan fingerprint density at radius 1 is 0.875 bits per heavy atom. The van der Waals surface area contributed by atoms with Crippen LogP contribution in [0.25, 0.3) is 21.9 Å². The van der Waals surface area contributed by atoms with Crippen LogP contribution in [0.5, 0.6) is 11.5 Å². The van der Waals surface area contributed by atoms with E-state index in [0.29, 0.717) is 34.3 Å². The SMILES string of the molecule is CN(CCCCCCOc1ccc2c(=O)c3ccccc3oc2c1)Cc1cccc(O)c1. The Kier molecular flexibility index (Phi) is 7.07. The number of benzene rings is 3. The Morgan fingerprint density at radius 2 is 1.69 bits per heavy atom. The third-order valence-electron chi connectivity index (χ3n) is 5.62. The summed E-state index contributed by atoms with van der Waals surface area (Å²) < 4.78 is 11.8. The molecule has 0 unspecified atom stereocenters. The summed E-state index contributed by atoms with van der Waals surface area (Å²) in [6.45, 7) is 2.50. The molecule has 0 aliphatic rings. The first-order valence-corrected chi connectivity index (χ1v) is 11.1. The number of para-hydroxylation sites is 1. The molecule has 0 fully saturated rings. The maximum Gasteiger partial charge on any atom is 0.200 e. The van der Waals surface area contributed by atoms with Crippen molar-refractivity contribution >= 4 is 21.9 Å². The normalized spacial score (nSPS) is 11.4. The van der Waals surface area contributed by atoms with Crippen LogP contribution in [0.1, 0.15) is 31.2 Å². The van der Waals surface area contributed by atoms with E-state index in [2.05, 4.69) is 11.9 Å². The molecular weight excluding hydrogens is 402 g/mol. The fourth-order valence-electron chi connectivity index (χ4n) is 3.94. The molecule has 0 bridgehead atoms. The quantitative estimate of drug-likeness (QED) is 0.257. The highest BCUT2D eigenvalue weighted by Gasteiger charge is 2.08. The number of hydrogen-bond donors (Lipinski definition) is 1. The van der Waals surface area contributed by atoms with Crippen LogP contribution in [-0.4, -0.2) is 30.2 Å². The van der Waals surface area contributed by atoms with Crippen LogP contribution in [0.15, 0.2) is 75.9 Å². The largest absolute Gasteiger partial charge is 0.508 e. The van der Waals surface area contributed by atoms with Crippen molar-refractivity contribution in [3.8, 4) is 11.5 Å². The van der Waals surface area contributed by atoms with Crippen molar-refractivity contribution in [3.63, 3.8) is 0 Å². The Hall–Kier alpha value is -3.31. The second-order valence-electron chi connectivity index (χ2n) is 8.26. The van der Waals surface area contributed by atoms with Gasteiger partial charge in [-0.05, 0) is 68.4 Å². The maximum atomic E-state index is 12.6. The summed E-state index contributed by atoms with van der Waals surface area (Å²) in [7, 11) is 2.11. The maximum absolute atomic E-state index is 12.6. The van der Waals surface area contributed by atoms with Crippen molar-refractivity contribution in [2.45, 2.75) is 32.2 Å². The number of hydrogen-bond acceptors (Lipinski definition) is 5. The zero-order valence-corrected chi connectivity index (χ0v) is 18.4. The van der Waals surface area contributed by atoms with E-state index >= 15 is 0 Å². The molecule has 0 saturated heterocycles. The van der Waals surface area contributed by atoms with Gasteiger partial charge in [-0.15, -0.1) is 0 Å². The Bertz CT molecular complexity index is 1250. The summed E-state index contributed by atoms with van der Waals surface area (Å²) in [5.74, 6) is 1.04. The van der Waals surface area contributed by atoms with Gasteiger partial charge in [0.1, 0.15) is 22.7 Å². The van der Waals surface area contributed by atoms with Gasteiger partial charge in [0.15, 0.2) is 0 Å². The number of nitrogens with zero attached hydrogens (tertiary/aromatic N) is 1. The minimum absolute atomic E-state index is 0.0116. The lowest BCUT2D eigenvalue weighted by atomic mass is 10.1. The first kappa shape index (κ1) is 21.9. The number of unbranched alkanes of at least 4 members (excludes halogenated alkanes) is 3. The zero-order chi connectivity index (χ0) is 22.3. The average molecular weight is 432 g/mol. The summed E-state index contributed by atoms with van der Waals surface area (Å²) in [5, 5.41) is 10.7. The molecule has 5 nitrogen and oxygen atoms in total. The number of rotatable bonds is 10. The third kappa shape index (κ3) is 5.48. The number of ether oxygens (including phenoxy) is 1. The van der Waals surface area contributed by atoms with Gasteiger partial charge < -0.3 is 19.2 Å². The first-order chi connectivity index (χ1) is 15.6. The minimum atomic E-state index is -0.0116. The van der Waals surface area contributed by atoms with E-state index in [1.54, 1.807) is 24.3 Å². The average Bonchev–Trinajstić information content (AvgIpc) is 2.78. The van der Waals surface area contributed by atoms with Crippen LogP contribution < -0.4 is 10.2 Å². The van der Waals surface area contributed by atoms with Crippen LogP contribution in [0.4, 0.5) is 0 Å². The van der Waals surface area contributed by atoms with Crippen molar-refractivity contribution in [1.29, 1.82) is 0 Å². The van der Waals surface area contributed by atoms with Gasteiger partial charge in [0.2, 0.25) is 5.43 Å². The molecule has 32 heavy (non-hydrogen) atoms. The highest BCUT2D eigenvalue weighted by atomic mass is 16.5. The molecule has 1 N–H and O–H groups in total. The van der Waals surface area contributed by atoms with Crippen LogP contribution in [-0.2, 0) is 6.54 Å². The molecule has 0 atom stereocenters. The molecule has 1 aromatic heterocycles. The first-order valence-electron chi connectivity index (χ1n) is 11.1. The molecule has 5 heteroatoms. The van der Waals surface area contributed by atoms with Gasteiger partial charge in [-0.25, -0.2) is 0 Å². The fraction of sp³-hybridized carbons (Fsp3) is 0.296. The van der Waals surface area contributed by atoms with Crippen LogP contribution in [0.2, 0.25) is 0 Å². The Morgan fingerprint density at radius 3 is 2.56 bits per heavy atom. The highest BCUT2D eigenvalue weighted by Crippen LogP contribution is 2.23. The number of phenols is 1. The van der Waals surface area contributed by atoms with Gasteiger partial charge in [-0.2, -0.15) is 0 Å². The minimum Gasteiger partial charge on any atom is -0.508 e. The van der Waals surface area contributed by atoms with Gasteiger partial charge in [-0.1, -0.05) is 37.1 Å². The number of aromatic hydroxyl groups is 1. The number of phenolic OH excluding ortho intramolecular Hbond substituents is 1. The van der Waals surface area contributed by atoms with Gasteiger partial charge in [0.25, 0.3) is 0 Å². The van der Waals surface area contributed by atoms with Crippen LogP contribution in [0, 0.1) is 0 Å². The van der Waals surface area contributed by atoms with Crippen molar-refractivity contribution in [1.82, 2.24) is 4.90 Å². The standard InChI is InChI=1S/C27H29NO4/c1-28(19-20-9-8-10-21(29)17-20)15-6-2-3-7-16-31-22-13-14-24-26(18-22)32-25-12-5-4-11-23(25)27(24)30/h4-5,8-14,17-18,29H,2-3,6-7,15-16,19H2,1H3. The molecule has 0 spiro atoms. The molecule has 166 valence electrons. The lowest BCUT2D eigenvalue weighted by Gasteiger charge is -2.16. The molecule has 0 aliphatic carbocycles. The predicted molar refractivity (Wildman–Crippen MR) is 128 cm³/mol. The molecule has 4 aromatic rings. The molecule has 0 radical (unpaired) electrons. The molecule has 0 saturated carbocycles. The monoisotopic (exact) mass is 431 g/mol. The van der Waals surface area contributed by atoms with E-state index in [1.165, 1.54) is 0 Å². The van der Waals surface area contributed by atoms with E-state index in [9.17, 15) is 9.90 Å². The lowest BCUT2D eigenvalue weighted by molar-refractivity contribution is 0.294. The molecule has 3 aromatic carbocycles. The highest BCUT2D eigenvalue weighted by molar-refractivity contribution is 5.90. The smallest absolute Gasteiger partial charge is 0.200 e. The Labute approximate surface area is 187 Å². The summed E-state index contributed by atoms with van der Waals surface area (Å²) in [6, 6.07) is 20.2. The lowest BCUT2D eigenvalue weighted by Crippen LogP contribution is -2.19. The van der Waals surface area contributed by atoms with Crippen molar-refractivity contribution < 1.29 is 14.3 Å². The molecule has 0 aliphatic heterocycles. The second kappa shape index (κ2) is 10.3. The van der Waals surface area contributed by atoms with Crippen LogP contribution >= 0.6 is 0 Å². The van der Waals surface area contributed by atoms with E-state index in [-0.39, 0.29) is 5.43 Å². The van der Waals surface area contributed by atoms with Crippen LogP contribution in [0.3, 0.4) is 0 Å². The summed E-state index contributed by atoms with van der Waals surface area (Å²) in [4.78, 5) is 14.9. The predicted octanol–water partition coefficient (Wildman–Crippen LogP) is 5.72. The zero-order valence-electron chi connectivity index (χ0n) is 18.4. The molecule has 0 amide bonds. The van der Waals surface area contributed by atoms with E-state index in [4.69, 9.17) is 9.15 Å². The van der Waals surface area contributed by atoms with E-state index in [0.717, 1.165) is 50.1 Å². The van der Waals surface area contributed by atoms with Gasteiger partial charge >= 0.3 is 0 Å². The summed E-state index contributed by atoms with van der Waals surface area (Å²) >= 11 is 0. The molecular formula is C27H29NO4. The molecule has 1 heterocycles. The Balaban J connectivity index is 1.19. The van der Waals surface area contributed by atoms with E-state index < -0.39 is 0 Å². The van der Waals surface area contributed by atoms with E-state index in [1.807, 2.05) is 42.5 Å². The van der Waals surface area contributed by atoms with Gasteiger partial charge in [0.05, 0.1) is 17.4 Å². The number of fused-ring (bicyclic) bond motifs is 2. The van der Waals surface area contributed by atoms with Gasteiger partial charge in [-0.3, -0.25) is 4.79 Å². The fourth-order valence-corrected chi connectivity index (χ4v) is 3.94. The second-order valence-corrected chi connectivity index (χ2v) is 8.26. The third-order valence-corrected chi connectivity index (χ3v) is 5.62. The summed E-state index contributed by atoms with van der Waals surface area (Å²) in [5.41, 5.74) is 2.26. The van der Waals surface area contributed by atoms with Crippen molar-refractivity contribution in [2.75, 3.05) is 20.2 Å².